The van der Waals surface area contributed by atoms with Crippen molar-refractivity contribution in [3.63, 3.8) is 0 Å². The summed E-state index contributed by atoms with van der Waals surface area (Å²) >= 11 is 0. The molecule has 0 saturated carbocycles. The zero-order chi connectivity index (χ0) is 15.7. The number of halogens is 1. The molecule has 0 saturated heterocycles. The smallest absolute Gasteiger partial charge is 0.251 e. The van der Waals surface area contributed by atoms with Crippen molar-refractivity contribution >= 4 is 8.32 Å². The van der Waals surface area contributed by atoms with Gasteiger partial charge in [0.1, 0.15) is 5.82 Å². The Morgan fingerprint density at radius 3 is 1.95 bits per heavy atom. The molecule has 0 aliphatic heterocycles. The Balaban J connectivity index is 2.58. The predicted molar refractivity (Wildman–Crippen MR) is 84.5 cm³/mol. The van der Waals surface area contributed by atoms with Gasteiger partial charge < -0.3 is 0 Å². The first-order valence-electron chi connectivity index (χ1n) is 7.09. The van der Waals surface area contributed by atoms with E-state index in [-0.39, 0.29) is 16.4 Å². The molecule has 2 atom stereocenters. The Morgan fingerprint density at radius 2 is 1.48 bits per heavy atom. The lowest BCUT2D eigenvalue weighted by molar-refractivity contribution is 0.372. The molecule has 2 nitrogen and oxygen atoms in total. The maximum absolute atomic E-state index is 13.5. The molecule has 21 heavy (non-hydrogen) atoms. The number of benzene rings is 1. The van der Waals surface area contributed by atoms with Crippen LogP contribution in [0.2, 0.25) is 11.6 Å². The second-order valence-electron chi connectivity index (χ2n) is 6.62. The third kappa shape index (κ3) is 3.22. The molecule has 2 aromatic rings. The van der Waals surface area contributed by atoms with Crippen LogP contribution < -0.4 is 0 Å². The highest BCUT2D eigenvalue weighted by Crippen LogP contribution is 2.46. The fourth-order valence-corrected chi connectivity index (χ4v) is 5.00. The first-order valence-corrected chi connectivity index (χ1v) is 9.58. The van der Waals surface area contributed by atoms with E-state index in [0.717, 1.165) is 11.1 Å². The van der Waals surface area contributed by atoms with Crippen molar-refractivity contribution in [3.8, 4) is 0 Å². The van der Waals surface area contributed by atoms with Crippen molar-refractivity contribution in [2.75, 3.05) is 0 Å². The molecule has 0 spiro atoms. The summed E-state index contributed by atoms with van der Waals surface area (Å²) in [4.78, 5) is 17.6. The second kappa shape index (κ2) is 5.70. The summed E-state index contributed by atoms with van der Waals surface area (Å²) in [7, 11) is -2.93. The highest BCUT2D eigenvalue weighted by molar-refractivity contribution is 6.75. The minimum atomic E-state index is -2.93. The fraction of sp³-hybridized carbons (Fsp3) is 0.353. The van der Waals surface area contributed by atoms with E-state index in [1.807, 2.05) is 39.5 Å². The highest BCUT2D eigenvalue weighted by atomic mass is 28.4. The molecule has 111 valence electrons. The summed E-state index contributed by atoms with van der Waals surface area (Å²) in [5, 5.41) is -0.310. The molecular formula is C17H21FNOSi. The van der Waals surface area contributed by atoms with Gasteiger partial charge in [-0.1, -0.05) is 32.9 Å². The molecular weight excluding hydrogens is 281 g/mol. The van der Waals surface area contributed by atoms with E-state index in [2.05, 4.69) is 4.98 Å². The van der Waals surface area contributed by atoms with Crippen LogP contribution in [0.1, 0.15) is 37.4 Å². The van der Waals surface area contributed by atoms with Crippen LogP contribution in [0.4, 0.5) is 4.39 Å². The van der Waals surface area contributed by atoms with Gasteiger partial charge in [-0.05, 0) is 47.0 Å². The van der Waals surface area contributed by atoms with E-state index in [1.165, 1.54) is 12.1 Å². The number of rotatable bonds is 3. The normalized spacial score (nSPS) is 16.3. The number of hydrogen-bond donors (Lipinski definition) is 0. The average Bonchev–Trinajstić information content (AvgIpc) is 2.41. The van der Waals surface area contributed by atoms with E-state index in [1.54, 1.807) is 24.5 Å². The van der Waals surface area contributed by atoms with Crippen LogP contribution in [0.15, 0.2) is 48.8 Å². The molecule has 0 aliphatic carbocycles. The molecule has 1 radical (unpaired) electrons. The molecule has 2 rings (SSSR count). The largest absolute Gasteiger partial charge is 0.296 e. The lowest BCUT2D eigenvalue weighted by atomic mass is 10.1. The molecule has 1 heterocycles. The molecule has 0 N–H and O–H groups in total. The first kappa shape index (κ1) is 15.9. The van der Waals surface area contributed by atoms with Crippen LogP contribution in [0.3, 0.4) is 0 Å². The van der Waals surface area contributed by atoms with Gasteiger partial charge >= 0.3 is 0 Å². The standard InChI is InChI=1S/C17H21FNOSi/c1-17(2,3)21(4,20)16(14-9-11-19-12-10-14)13-5-7-15(18)8-6-13/h5-12,16H,1-4H3. The zero-order valence-electron chi connectivity index (χ0n) is 12.9. The lowest BCUT2D eigenvalue weighted by Crippen LogP contribution is -2.46. The number of aromatic nitrogens is 1. The van der Waals surface area contributed by atoms with Gasteiger partial charge in [0.05, 0.1) is 0 Å². The lowest BCUT2D eigenvalue weighted by Gasteiger charge is -2.39. The number of pyridine rings is 1. The highest BCUT2D eigenvalue weighted by Gasteiger charge is 2.49. The van der Waals surface area contributed by atoms with Gasteiger partial charge in [-0.15, -0.1) is 0 Å². The van der Waals surface area contributed by atoms with E-state index in [9.17, 15) is 9.19 Å². The summed E-state index contributed by atoms with van der Waals surface area (Å²) in [6.45, 7) is 7.87. The molecule has 2 unspecified atom stereocenters. The van der Waals surface area contributed by atoms with Crippen LogP contribution in [-0.2, 0) is 4.80 Å². The average molecular weight is 302 g/mol. The quantitative estimate of drug-likeness (QED) is 0.757. The van der Waals surface area contributed by atoms with Gasteiger partial charge in [0.15, 0.2) is 0 Å². The predicted octanol–water partition coefficient (Wildman–Crippen LogP) is 4.70. The topological polar surface area (TPSA) is 32.8 Å². The van der Waals surface area contributed by atoms with Gasteiger partial charge in [0.2, 0.25) is 0 Å². The summed E-state index contributed by atoms with van der Waals surface area (Å²) in [6.07, 6.45) is 3.41. The Morgan fingerprint density at radius 1 is 1.00 bits per heavy atom. The Kier molecular flexibility index (Phi) is 4.30. The van der Waals surface area contributed by atoms with Crippen LogP contribution in [0, 0.1) is 5.82 Å². The van der Waals surface area contributed by atoms with Crippen molar-refractivity contribution in [1.82, 2.24) is 4.98 Å². The molecule has 1 aromatic carbocycles. The minimum Gasteiger partial charge on any atom is -0.296 e. The molecule has 1 aromatic heterocycles. The molecule has 0 amide bonds. The maximum Gasteiger partial charge on any atom is 0.251 e. The van der Waals surface area contributed by atoms with Crippen molar-refractivity contribution < 1.29 is 9.19 Å². The molecule has 0 fully saturated rings. The third-order valence-corrected chi connectivity index (χ3v) is 9.03. The maximum atomic E-state index is 13.5. The van der Waals surface area contributed by atoms with Gasteiger partial charge in [0, 0.05) is 17.9 Å². The third-order valence-electron chi connectivity index (χ3n) is 4.28. The summed E-state index contributed by atoms with van der Waals surface area (Å²) < 4.78 is 13.2. The van der Waals surface area contributed by atoms with E-state index >= 15 is 0 Å². The summed E-state index contributed by atoms with van der Waals surface area (Å²) in [5.41, 5.74) is 1.64. The summed E-state index contributed by atoms with van der Waals surface area (Å²) in [6, 6.07) is 10.1. The molecule has 0 bridgehead atoms. The minimum absolute atomic E-state index is 0.221. The van der Waals surface area contributed by atoms with Gasteiger partial charge in [0.25, 0.3) is 8.32 Å². The van der Waals surface area contributed by atoms with Gasteiger partial charge in [-0.2, -0.15) is 0 Å². The van der Waals surface area contributed by atoms with E-state index in [0.29, 0.717) is 0 Å². The van der Waals surface area contributed by atoms with Crippen molar-refractivity contribution in [1.29, 1.82) is 0 Å². The summed E-state index contributed by atoms with van der Waals surface area (Å²) in [5.74, 6) is -0.280. The van der Waals surface area contributed by atoms with E-state index in [4.69, 9.17) is 0 Å². The van der Waals surface area contributed by atoms with Crippen LogP contribution in [0.5, 0.6) is 0 Å². The Bertz CT molecular complexity index is 590. The van der Waals surface area contributed by atoms with Crippen LogP contribution in [-0.4, -0.2) is 13.3 Å². The monoisotopic (exact) mass is 302 g/mol. The number of nitrogens with zero attached hydrogens (tertiary/aromatic N) is 1. The zero-order valence-corrected chi connectivity index (χ0v) is 13.9. The van der Waals surface area contributed by atoms with Crippen molar-refractivity contribution in [2.45, 2.75) is 37.9 Å². The molecule has 0 aliphatic rings. The second-order valence-corrected chi connectivity index (χ2v) is 10.9. The van der Waals surface area contributed by atoms with Gasteiger partial charge in [-0.25, -0.2) is 4.39 Å². The Labute approximate surface area is 126 Å². The van der Waals surface area contributed by atoms with Crippen molar-refractivity contribution in [3.05, 3.63) is 65.7 Å². The molecule has 4 heteroatoms. The SMILES string of the molecule is CC(C)(C)[Si](C)([O])C(c1ccncc1)c1ccc(F)cc1. The van der Waals surface area contributed by atoms with Gasteiger partial charge in [-0.3, -0.25) is 9.78 Å². The van der Waals surface area contributed by atoms with E-state index < -0.39 is 8.32 Å². The fourth-order valence-electron chi connectivity index (χ4n) is 2.47. The van der Waals surface area contributed by atoms with Crippen LogP contribution in [0.25, 0.3) is 0 Å². The van der Waals surface area contributed by atoms with Crippen LogP contribution >= 0.6 is 0 Å². The Hall–Kier alpha value is -1.52. The first-order chi connectivity index (χ1) is 9.73. The number of hydrogen-bond acceptors (Lipinski definition) is 1. The van der Waals surface area contributed by atoms with Crippen molar-refractivity contribution in [2.24, 2.45) is 0 Å².